The first kappa shape index (κ1) is 10.3. The lowest BCUT2D eigenvalue weighted by molar-refractivity contribution is 0.166. The Hall–Kier alpha value is -1.89. The number of fused-ring (bicyclic) bond motifs is 1. The molecule has 1 saturated heterocycles. The minimum absolute atomic E-state index is 0.180. The third-order valence-corrected chi connectivity index (χ3v) is 2.77. The van der Waals surface area contributed by atoms with Gasteiger partial charge in [-0.25, -0.2) is 0 Å². The number of rotatable bonds is 3. The number of nitrogen functional groups attached to an aromatic ring is 1. The second-order valence-electron chi connectivity index (χ2n) is 4.06. The maximum absolute atomic E-state index is 5.67. The van der Waals surface area contributed by atoms with E-state index in [0.717, 1.165) is 25.0 Å². The molecule has 2 aromatic heterocycles. The van der Waals surface area contributed by atoms with Gasteiger partial charge in [0.2, 0.25) is 11.8 Å². The number of hydrogen-bond donors (Lipinski definition) is 2. The highest BCUT2D eigenvalue weighted by atomic mass is 16.5. The molecule has 0 aromatic carbocycles. The van der Waals surface area contributed by atoms with E-state index in [9.17, 15) is 0 Å². The molecule has 3 N–H and O–H groups in total. The van der Waals surface area contributed by atoms with Crippen molar-refractivity contribution in [2.45, 2.75) is 6.42 Å². The number of ether oxygens (including phenoxy) is 2. The molecule has 2 aromatic rings. The van der Waals surface area contributed by atoms with Crippen LogP contribution in [0.4, 0.5) is 5.95 Å². The van der Waals surface area contributed by atoms with Crippen LogP contribution in [0.5, 0.6) is 5.88 Å². The van der Waals surface area contributed by atoms with Gasteiger partial charge in [-0.3, -0.25) is 5.10 Å². The summed E-state index contributed by atoms with van der Waals surface area (Å²) in [5.41, 5.74) is 6.19. The summed E-state index contributed by atoms with van der Waals surface area (Å²) in [6, 6.07) is 0. The van der Waals surface area contributed by atoms with Crippen molar-refractivity contribution in [1.29, 1.82) is 0 Å². The molecular weight excluding hydrogens is 222 g/mol. The molecule has 0 radical (unpaired) electrons. The van der Waals surface area contributed by atoms with Crippen LogP contribution in [0.15, 0.2) is 6.20 Å². The molecule has 1 aliphatic heterocycles. The van der Waals surface area contributed by atoms with E-state index in [1.807, 2.05) is 0 Å². The number of anilines is 1. The van der Waals surface area contributed by atoms with E-state index in [1.165, 1.54) is 0 Å². The van der Waals surface area contributed by atoms with Crippen LogP contribution in [0.2, 0.25) is 0 Å². The molecule has 0 saturated carbocycles. The standard InChI is InChI=1S/C10H13N5O2/c11-10-13-8-7(3-12-15-8)9(14-10)17-5-6-1-2-16-4-6/h3,6H,1-2,4-5H2,(H3,11,12,13,14,15). The minimum Gasteiger partial charge on any atom is -0.477 e. The average Bonchev–Trinajstić information content (AvgIpc) is 2.95. The Balaban J connectivity index is 1.81. The van der Waals surface area contributed by atoms with Crippen molar-refractivity contribution in [3.63, 3.8) is 0 Å². The Morgan fingerprint density at radius 3 is 3.29 bits per heavy atom. The van der Waals surface area contributed by atoms with Crippen molar-refractivity contribution in [3.8, 4) is 5.88 Å². The predicted molar refractivity (Wildman–Crippen MR) is 60.5 cm³/mol. The van der Waals surface area contributed by atoms with E-state index >= 15 is 0 Å². The van der Waals surface area contributed by atoms with Crippen LogP contribution in [-0.4, -0.2) is 40.0 Å². The molecule has 3 heterocycles. The summed E-state index contributed by atoms with van der Waals surface area (Å²) >= 11 is 0. The summed E-state index contributed by atoms with van der Waals surface area (Å²) in [5.74, 6) is 1.08. The molecular formula is C10H13N5O2. The number of H-pyrrole nitrogens is 1. The highest BCUT2D eigenvalue weighted by Gasteiger charge is 2.17. The third kappa shape index (κ3) is 2.01. The lowest BCUT2D eigenvalue weighted by Gasteiger charge is -2.10. The van der Waals surface area contributed by atoms with Crippen molar-refractivity contribution in [2.75, 3.05) is 25.6 Å². The zero-order chi connectivity index (χ0) is 11.7. The van der Waals surface area contributed by atoms with Gasteiger partial charge >= 0.3 is 0 Å². The highest BCUT2D eigenvalue weighted by Crippen LogP contribution is 2.22. The molecule has 7 nitrogen and oxygen atoms in total. The van der Waals surface area contributed by atoms with Crippen LogP contribution in [-0.2, 0) is 4.74 Å². The van der Waals surface area contributed by atoms with Crippen molar-refractivity contribution in [1.82, 2.24) is 20.2 Å². The molecule has 0 spiro atoms. The van der Waals surface area contributed by atoms with Gasteiger partial charge in [-0.05, 0) is 6.42 Å². The lowest BCUT2D eigenvalue weighted by atomic mass is 10.1. The Morgan fingerprint density at radius 1 is 1.53 bits per heavy atom. The van der Waals surface area contributed by atoms with Gasteiger partial charge in [0.15, 0.2) is 5.65 Å². The van der Waals surface area contributed by atoms with Gasteiger partial charge in [0.05, 0.1) is 19.4 Å². The molecule has 1 fully saturated rings. The van der Waals surface area contributed by atoms with Gasteiger partial charge in [0, 0.05) is 12.5 Å². The van der Waals surface area contributed by atoms with Crippen LogP contribution in [0, 0.1) is 5.92 Å². The van der Waals surface area contributed by atoms with Gasteiger partial charge in [0.25, 0.3) is 0 Å². The molecule has 90 valence electrons. The molecule has 0 amide bonds. The number of nitrogens with one attached hydrogen (secondary N) is 1. The molecule has 0 aliphatic carbocycles. The molecule has 1 unspecified atom stereocenters. The minimum atomic E-state index is 0.180. The van der Waals surface area contributed by atoms with E-state index in [-0.39, 0.29) is 5.95 Å². The molecule has 17 heavy (non-hydrogen) atoms. The van der Waals surface area contributed by atoms with Gasteiger partial charge in [-0.15, -0.1) is 0 Å². The average molecular weight is 235 g/mol. The van der Waals surface area contributed by atoms with Crippen LogP contribution >= 0.6 is 0 Å². The smallest absolute Gasteiger partial charge is 0.229 e. The monoisotopic (exact) mass is 235 g/mol. The van der Waals surface area contributed by atoms with Crippen LogP contribution in [0.3, 0.4) is 0 Å². The van der Waals surface area contributed by atoms with Crippen LogP contribution in [0.25, 0.3) is 11.0 Å². The SMILES string of the molecule is Nc1nc(OCC2CCOC2)c2cn[nH]c2n1. The van der Waals surface area contributed by atoms with Gasteiger partial charge in [0.1, 0.15) is 5.39 Å². The molecule has 7 heteroatoms. The Bertz CT molecular complexity index is 520. The van der Waals surface area contributed by atoms with Crippen LogP contribution < -0.4 is 10.5 Å². The number of hydrogen-bond acceptors (Lipinski definition) is 6. The fraction of sp³-hybridized carbons (Fsp3) is 0.500. The fourth-order valence-corrected chi connectivity index (χ4v) is 1.85. The zero-order valence-electron chi connectivity index (χ0n) is 9.22. The van der Waals surface area contributed by atoms with E-state index in [1.54, 1.807) is 6.20 Å². The van der Waals surface area contributed by atoms with E-state index in [0.29, 0.717) is 24.1 Å². The second-order valence-corrected chi connectivity index (χ2v) is 4.06. The summed E-state index contributed by atoms with van der Waals surface area (Å²) in [6.07, 6.45) is 2.66. The van der Waals surface area contributed by atoms with E-state index in [4.69, 9.17) is 15.2 Å². The number of nitrogens with zero attached hydrogens (tertiary/aromatic N) is 3. The third-order valence-electron chi connectivity index (χ3n) is 2.77. The summed E-state index contributed by atoms with van der Waals surface area (Å²) in [6.45, 7) is 2.13. The highest BCUT2D eigenvalue weighted by molar-refractivity contribution is 5.80. The number of aromatic nitrogens is 4. The normalized spacial score (nSPS) is 19.9. The van der Waals surface area contributed by atoms with Gasteiger partial charge in [-0.1, -0.05) is 0 Å². The van der Waals surface area contributed by atoms with Crippen molar-refractivity contribution < 1.29 is 9.47 Å². The zero-order valence-corrected chi connectivity index (χ0v) is 9.22. The first-order chi connectivity index (χ1) is 8.33. The number of nitrogens with two attached hydrogens (primary N) is 1. The molecule has 1 aliphatic rings. The van der Waals surface area contributed by atoms with E-state index in [2.05, 4.69) is 20.2 Å². The first-order valence-electron chi connectivity index (χ1n) is 5.50. The van der Waals surface area contributed by atoms with E-state index < -0.39 is 0 Å². The van der Waals surface area contributed by atoms with Crippen molar-refractivity contribution >= 4 is 17.0 Å². The quantitative estimate of drug-likeness (QED) is 0.796. The maximum Gasteiger partial charge on any atom is 0.229 e. The fourth-order valence-electron chi connectivity index (χ4n) is 1.85. The van der Waals surface area contributed by atoms with Gasteiger partial charge < -0.3 is 15.2 Å². The molecule has 1 atom stereocenters. The van der Waals surface area contributed by atoms with Gasteiger partial charge in [-0.2, -0.15) is 15.1 Å². The van der Waals surface area contributed by atoms with Crippen molar-refractivity contribution in [2.24, 2.45) is 5.92 Å². The first-order valence-corrected chi connectivity index (χ1v) is 5.50. The number of aromatic amines is 1. The molecule has 0 bridgehead atoms. The van der Waals surface area contributed by atoms with Crippen LogP contribution in [0.1, 0.15) is 6.42 Å². The topological polar surface area (TPSA) is 98.9 Å². The van der Waals surface area contributed by atoms with Crippen molar-refractivity contribution in [3.05, 3.63) is 6.20 Å². The summed E-state index contributed by atoms with van der Waals surface area (Å²) < 4.78 is 11.0. The Labute approximate surface area is 97.3 Å². The molecule has 3 rings (SSSR count). The second kappa shape index (κ2) is 4.17. The predicted octanol–water partition coefficient (Wildman–Crippen LogP) is 0.350. The largest absolute Gasteiger partial charge is 0.477 e. The lowest BCUT2D eigenvalue weighted by Crippen LogP contribution is -2.13. The summed E-state index contributed by atoms with van der Waals surface area (Å²) in [5, 5.41) is 7.39. The Kier molecular flexibility index (Phi) is 2.52. The summed E-state index contributed by atoms with van der Waals surface area (Å²) in [4.78, 5) is 8.10. The summed E-state index contributed by atoms with van der Waals surface area (Å²) in [7, 11) is 0. The maximum atomic E-state index is 5.67. The Morgan fingerprint density at radius 2 is 2.47 bits per heavy atom.